The van der Waals surface area contributed by atoms with Crippen molar-refractivity contribution < 1.29 is 14.3 Å². The quantitative estimate of drug-likeness (QED) is 0.534. The average Bonchev–Trinajstić information content (AvgIpc) is 3.25. The maximum absolute atomic E-state index is 12.1. The molecule has 0 aliphatic rings. The van der Waals surface area contributed by atoms with Gasteiger partial charge in [0.25, 0.3) is 5.91 Å². The minimum absolute atomic E-state index is 0.373. The second-order valence-electron chi connectivity index (χ2n) is 5.20. The van der Waals surface area contributed by atoms with Gasteiger partial charge in [0.1, 0.15) is 16.1 Å². The molecular formula is C18H13N3O3S2. The van der Waals surface area contributed by atoms with Gasteiger partial charge in [0.15, 0.2) is 6.10 Å². The van der Waals surface area contributed by atoms with Crippen LogP contribution in [0.5, 0.6) is 0 Å². The highest BCUT2D eigenvalue weighted by Gasteiger charge is 2.18. The number of ether oxygens (including phenoxy) is 1. The Morgan fingerprint density at radius 1 is 1.35 bits per heavy atom. The minimum Gasteiger partial charge on any atom is -0.449 e. The second-order valence-corrected chi connectivity index (χ2v) is 7.18. The van der Waals surface area contributed by atoms with Gasteiger partial charge in [-0.3, -0.25) is 4.79 Å². The number of nitriles is 1. The number of hydrogen-bond donors (Lipinski definition) is 1. The number of carbonyl (C=O) groups is 2. The van der Waals surface area contributed by atoms with Gasteiger partial charge in [0, 0.05) is 6.08 Å². The Morgan fingerprint density at radius 2 is 2.15 bits per heavy atom. The lowest BCUT2D eigenvalue weighted by molar-refractivity contribution is -0.148. The van der Waals surface area contributed by atoms with Gasteiger partial charge in [-0.2, -0.15) is 5.26 Å². The smallest absolute Gasteiger partial charge is 0.331 e. The number of thiophene rings is 1. The SMILES string of the molecule is C[C@@H](OC(=O)/C=C/c1nc2ccccc2s1)C(=O)Nc1sccc1C#N. The molecule has 1 amide bonds. The molecule has 1 aromatic carbocycles. The summed E-state index contributed by atoms with van der Waals surface area (Å²) in [6, 6.07) is 11.3. The molecule has 0 radical (unpaired) electrons. The third-order valence-corrected chi connectivity index (χ3v) is 5.19. The normalized spacial score (nSPS) is 12.0. The maximum Gasteiger partial charge on any atom is 0.331 e. The third kappa shape index (κ3) is 4.14. The van der Waals surface area contributed by atoms with E-state index in [1.54, 1.807) is 17.5 Å². The van der Waals surface area contributed by atoms with Crippen LogP contribution in [0.15, 0.2) is 41.8 Å². The lowest BCUT2D eigenvalue weighted by atomic mass is 10.3. The molecule has 3 rings (SSSR count). The van der Waals surface area contributed by atoms with Gasteiger partial charge < -0.3 is 10.1 Å². The molecule has 0 unspecified atom stereocenters. The van der Waals surface area contributed by atoms with Gasteiger partial charge in [0.2, 0.25) is 0 Å². The zero-order chi connectivity index (χ0) is 18.5. The summed E-state index contributed by atoms with van der Waals surface area (Å²) >= 11 is 2.69. The molecule has 26 heavy (non-hydrogen) atoms. The van der Waals surface area contributed by atoms with Gasteiger partial charge in [-0.25, -0.2) is 9.78 Å². The summed E-state index contributed by atoms with van der Waals surface area (Å²) in [5.41, 5.74) is 1.24. The van der Waals surface area contributed by atoms with Crippen LogP contribution in [-0.2, 0) is 14.3 Å². The summed E-state index contributed by atoms with van der Waals surface area (Å²) < 4.78 is 6.12. The molecule has 8 heteroatoms. The predicted molar refractivity (Wildman–Crippen MR) is 102 cm³/mol. The van der Waals surface area contributed by atoms with Gasteiger partial charge in [0.05, 0.1) is 15.8 Å². The Morgan fingerprint density at radius 3 is 2.92 bits per heavy atom. The van der Waals surface area contributed by atoms with E-state index in [0.29, 0.717) is 15.6 Å². The first-order valence-electron chi connectivity index (χ1n) is 7.59. The number of carbonyl (C=O) groups excluding carboxylic acids is 2. The second kappa shape index (κ2) is 7.91. The number of rotatable bonds is 5. The molecular weight excluding hydrogens is 370 g/mol. The van der Waals surface area contributed by atoms with Crippen LogP contribution >= 0.6 is 22.7 Å². The zero-order valence-corrected chi connectivity index (χ0v) is 15.3. The van der Waals surface area contributed by atoms with Crippen LogP contribution in [0.4, 0.5) is 5.00 Å². The highest BCUT2D eigenvalue weighted by molar-refractivity contribution is 7.19. The molecule has 0 aliphatic heterocycles. The summed E-state index contributed by atoms with van der Waals surface area (Å²) in [7, 11) is 0. The highest BCUT2D eigenvalue weighted by Crippen LogP contribution is 2.23. The monoisotopic (exact) mass is 383 g/mol. The summed E-state index contributed by atoms with van der Waals surface area (Å²) in [5, 5.41) is 14.3. The Bertz CT molecular complexity index is 997. The van der Waals surface area contributed by atoms with Crippen molar-refractivity contribution in [1.82, 2.24) is 4.98 Å². The molecule has 3 aromatic rings. The number of amides is 1. The number of benzene rings is 1. The first-order chi connectivity index (χ1) is 12.6. The lowest BCUT2D eigenvalue weighted by Gasteiger charge is -2.11. The van der Waals surface area contributed by atoms with Crippen LogP contribution in [0.25, 0.3) is 16.3 Å². The van der Waals surface area contributed by atoms with Crippen molar-refractivity contribution in [1.29, 1.82) is 5.26 Å². The number of para-hydroxylation sites is 1. The van der Waals surface area contributed by atoms with Crippen molar-refractivity contribution in [3.05, 3.63) is 52.4 Å². The molecule has 0 saturated carbocycles. The first-order valence-corrected chi connectivity index (χ1v) is 9.29. The van der Waals surface area contributed by atoms with E-state index in [4.69, 9.17) is 10.00 Å². The van der Waals surface area contributed by atoms with Crippen LogP contribution < -0.4 is 5.32 Å². The van der Waals surface area contributed by atoms with E-state index in [9.17, 15) is 9.59 Å². The zero-order valence-electron chi connectivity index (χ0n) is 13.6. The number of nitrogens with one attached hydrogen (secondary N) is 1. The molecule has 2 aromatic heterocycles. The van der Waals surface area contributed by atoms with Crippen LogP contribution in [0.1, 0.15) is 17.5 Å². The third-order valence-electron chi connectivity index (χ3n) is 3.36. The molecule has 1 N–H and O–H groups in total. The molecule has 130 valence electrons. The van der Waals surface area contributed by atoms with Crippen molar-refractivity contribution >= 4 is 55.8 Å². The summed E-state index contributed by atoms with van der Waals surface area (Å²) in [4.78, 5) is 28.4. The largest absolute Gasteiger partial charge is 0.449 e. The molecule has 6 nitrogen and oxygen atoms in total. The van der Waals surface area contributed by atoms with Crippen molar-refractivity contribution in [2.75, 3.05) is 5.32 Å². The Balaban J connectivity index is 1.58. The highest BCUT2D eigenvalue weighted by atomic mass is 32.1. The first kappa shape index (κ1) is 17.8. The van der Waals surface area contributed by atoms with Crippen molar-refractivity contribution in [2.45, 2.75) is 13.0 Å². The number of esters is 1. The molecule has 0 spiro atoms. The van der Waals surface area contributed by atoms with Gasteiger partial charge in [-0.1, -0.05) is 12.1 Å². The van der Waals surface area contributed by atoms with E-state index in [-0.39, 0.29) is 0 Å². The van der Waals surface area contributed by atoms with Gasteiger partial charge in [-0.15, -0.1) is 22.7 Å². The maximum atomic E-state index is 12.1. The van der Waals surface area contributed by atoms with E-state index >= 15 is 0 Å². The summed E-state index contributed by atoms with van der Waals surface area (Å²) in [5.74, 6) is -1.13. The molecule has 1 atom stereocenters. The number of fused-ring (bicyclic) bond motifs is 1. The van der Waals surface area contributed by atoms with Gasteiger partial charge in [-0.05, 0) is 36.6 Å². The van der Waals surface area contributed by atoms with E-state index in [1.165, 1.54) is 35.7 Å². The Kier molecular flexibility index (Phi) is 5.41. The molecule has 2 heterocycles. The molecule has 0 fully saturated rings. The standard InChI is InChI=1S/C18H13N3O3S2/c1-11(17(23)21-18-12(10-19)8-9-25-18)24-16(22)7-6-15-20-13-4-2-3-5-14(13)26-15/h2-9,11H,1H3,(H,21,23)/b7-6+/t11-/m1/s1. The number of aromatic nitrogens is 1. The van der Waals surface area contributed by atoms with Crippen LogP contribution in [-0.4, -0.2) is 23.0 Å². The number of anilines is 1. The number of hydrogen-bond acceptors (Lipinski definition) is 7. The van der Waals surface area contributed by atoms with Crippen LogP contribution in [0.2, 0.25) is 0 Å². The fourth-order valence-electron chi connectivity index (χ4n) is 2.08. The molecule has 0 aliphatic carbocycles. The fraction of sp³-hybridized carbons (Fsp3) is 0.111. The Hall–Kier alpha value is -3.02. The van der Waals surface area contributed by atoms with E-state index in [1.807, 2.05) is 30.3 Å². The average molecular weight is 383 g/mol. The Labute approximate surface area is 157 Å². The van der Waals surface area contributed by atoms with Gasteiger partial charge >= 0.3 is 5.97 Å². The lowest BCUT2D eigenvalue weighted by Crippen LogP contribution is -2.29. The molecule has 0 bridgehead atoms. The van der Waals surface area contributed by atoms with Crippen LogP contribution in [0.3, 0.4) is 0 Å². The van der Waals surface area contributed by atoms with Crippen molar-refractivity contribution in [3.8, 4) is 6.07 Å². The van der Waals surface area contributed by atoms with E-state index in [2.05, 4.69) is 10.3 Å². The topological polar surface area (TPSA) is 92.1 Å². The summed E-state index contributed by atoms with van der Waals surface area (Å²) in [6.45, 7) is 1.47. The van der Waals surface area contributed by atoms with Crippen molar-refractivity contribution in [3.63, 3.8) is 0 Å². The van der Waals surface area contributed by atoms with E-state index in [0.717, 1.165) is 10.2 Å². The van der Waals surface area contributed by atoms with E-state index < -0.39 is 18.0 Å². The predicted octanol–water partition coefficient (Wildman–Crippen LogP) is 3.81. The fourth-order valence-corrected chi connectivity index (χ4v) is 3.69. The molecule has 0 saturated heterocycles. The summed E-state index contributed by atoms with van der Waals surface area (Å²) in [6.07, 6.45) is 1.81. The van der Waals surface area contributed by atoms with Crippen LogP contribution in [0, 0.1) is 11.3 Å². The number of nitrogens with zero attached hydrogens (tertiary/aromatic N) is 2. The minimum atomic E-state index is -0.990. The van der Waals surface area contributed by atoms with Crippen molar-refractivity contribution in [2.24, 2.45) is 0 Å². The number of thiazole rings is 1.